The molecule has 0 radical (unpaired) electrons. The first-order valence-corrected chi connectivity index (χ1v) is 7.77. The summed E-state index contributed by atoms with van der Waals surface area (Å²) in [6.07, 6.45) is -0.472. The van der Waals surface area contributed by atoms with Crippen molar-refractivity contribution in [3.63, 3.8) is 0 Å². The molecule has 132 valence electrons. The second kappa shape index (κ2) is 8.19. The van der Waals surface area contributed by atoms with Gasteiger partial charge in [-0.3, -0.25) is 4.79 Å². The van der Waals surface area contributed by atoms with Crippen molar-refractivity contribution in [1.82, 2.24) is 0 Å². The summed E-state index contributed by atoms with van der Waals surface area (Å²) in [5.74, 6) is -0.395. The molecule has 0 unspecified atom stereocenters. The molecule has 0 bridgehead atoms. The Hall–Kier alpha value is -3.02. The van der Waals surface area contributed by atoms with Gasteiger partial charge >= 0.3 is 12.1 Å². The number of esters is 1. The zero-order valence-corrected chi connectivity index (χ0v) is 14.4. The van der Waals surface area contributed by atoms with E-state index >= 15 is 0 Å². The summed E-state index contributed by atoms with van der Waals surface area (Å²) in [6, 6.07) is 10.5. The van der Waals surface area contributed by atoms with Crippen LogP contribution in [0.4, 0.5) is 4.79 Å². The van der Waals surface area contributed by atoms with Gasteiger partial charge < -0.3 is 19.3 Å². The summed E-state index contributed by atoms with van der Waals surface area (Å²) in [5.41, 5.74) is 2.45. The summed E-state index contributed by atoms with van der Waals surface area (Å²) in [7, 11) is 2.49. The molecule has 0 aliphatic rings. The van der Waals surface area contributed by atoms with Gasteiger partial charge in [0.05, 0.1) is 20.6 Å². The third kappa shape index (κ3) is 4.09. The zero-order valence-electron chi connectivity index (χ0n) is 14.4. The van der Waals surface area contributed by atoms with Gasteiger partial charge in [-0.25, -0.2) is 4.79 Å². The van der Waals surface area contributed by atoms with Crippen LogP contribution < -0.4 is 4.74 Å². The Balaban J connectivity index is 2.69. The van der Waals surface area contributed by atoms with Crippen LogP contribution in [-0.2, 0) is 27.1 Å². The minimum absolute atomic E-state index is 0.0597. The maximum Gasteiger partial charge on any atom is 0.513 e. The number of phenols is 1. The van der Waals surface area contributed by atoms with Gasteiger partial charge in [-0.1, -0.05) is 37.3 Å². The zero-order chi connectivity index (χ0) is 18.4. The van der Waals surface area contributed by atoms with Crippen LogP contribution in [0, 0.1) is 0 Å². The van der Waals surface area contributed by atoms with E-state index in [0.717, 1.165) is 5.56 Å². The maximum atomic E-state index is 11.9. The number of hydrogen-bond acceptors (Lipinski definition) is 6. The number of carbonyl (C=O) groups excluding carboxylic acids is 2. The SMILES string of the molecule is CCc1c(OC(=O)OC)cc(O)c(-c2ccccc2)c1CC(=O)OC. The maximum absolute atomic E-state index is 11.9. The van der Waals surface area contributed by atoms with Crippen molar-refractivity contribution in [3.8, 4) is 22.6 Å². The molecule has 0 saturated heterocycles. The number of hydrogen-bond donors (Lipinski definition) is 1. The molecule has 0 aliphatic carbocycles. The molecule has 1 N–H and O–H groups in total. The number of benzene rings is 2. The molecule has 2 aromatic carbocycles. The quantitative estimate of drug-likeness (QED) is 0.660. The number of aromatic hydroxyl groups is 1. The van der Waals surface area contributed by atoms with Crippen LogP contribution >= 0.6 is 0 Å². The molecule has 0 aromatic heterocycles. The molecular weight excluding hydrogens is 324 g/mol. The number of rotatable bonds is 5. The molecule has 2 rings (SSSR count). The van der Waals surface area contributed by atoms with E-state index in [0.29, 0.717) is 23.1 Å². The molecule has 0 atom stereocenters. The molecule has 0 heterocycles. The normalized spacial score (nSPS) is 10.2. The highest BCUT2D eigenvalue weighted by Gasteiger charge is 2.23. The van der Waals surface area contributed by atoms with Gasteiger partial charge in [-0.15, -0.1) is 0 Å². The molecule has 0 spiro atoms. The first-order valence-electron chi connectivity index (χ1n) is 7.77. The summed E-state index contributed by atoms with van der Waals surface area (Å²) < 4.78 is 14.4. The Labute approximate surface area is 146 Å². The number of methoxy groups -OCH3 is 2. The fourth-order valence-corrected chi connectivity index (χ4v) is 2.69. The van der Waals surface area contributed by atoms with Crippen LogP contribution in [0.3, 0.4) is 0 Å². The lowest BCUT2D eigenvalue weighted by atomic mass is 9.90. The number of carbonyl (C=O) groups is 2. The van der Waals surface area contributed by atoms with E-state index in [9.17, 15) is 14.7 Å². The minimum atomic E-state index is -0.898. The van der Waals surface area contributed by atoms with E-state index in [-0.39, 0.29) is 17.9 Å². The Kier molecular flexibility index (Phi) is 6.00. The summed E-state index contributed by atoms with van der Waals surface area (Å²) in [6.45, 7) is 1.87. The van der Waals surface area contributed by atoms with Gasteiger partial charge in [0, 0.05) is 11.6 Å². The highest BCUT2D eigenvalue weighted by atomic mass is 16.7. The number of phenolic OH excluding ortho intramolecular Hbond substituents is 1. The Morgan fingerprint density at radius 1 is 1.04 bits per heavy atom. The molecule has 0 saturated carbocycles. The lowest BCUT2D eigenvalue weighted by molar-refractivity contribution is -0.139. The molecule has 2 aromatic rings. The molecule has 0 amide bonds. The molecule has 6 nitrogen and oxygen atoms in total. The van der Waals surface area contributed by atoms with Crippen molar-refractivity contribution in [2.45, 2.75) is 19.8 Å². The van der Waals surface area contributed by atoms with E-state index < -0.39 is 12.1 Å². The van der Waals surface area contributed by atoms with Gasteiger partial charge in [0.15, 0.2) is 0 Å². The van der Waals surface area contributed by atoms with Crippen LogP contribution in [0.5, 0.6) is 11.5 Å². The van der Waals surface area contributed by atoms with Crippen molar-refractivity contribution < 1.29 is 28.9 Å². The predicted octanol–water partition coefficient (Wildman–Crippen LogP) is 3.48. The lowest BCUT2D eigenvalue weighted by Crippen LogP contribution is -2.13. The van der Waals surface area contributed by atoms with E-state index in [1.54, 1.807) is 0 Å². The fraction of sp³-hybridized carbons (Fsp3) is 0.263. The van der Waals surface area contributed by atoms with Crippen LogP contribution in [0.25, 0.3) is 11.1 Å². The third-order valence-electron chi connectivity index (χ3n) is 3.81. The predicted molar refractivity (Wildman–Crippen MR) is 91.7 cm³/mol. The first-order chi connectivity index (χ1) is 12.0. The van der Waals surface area contributed by atoms with Crippen LogP contribution in [0.1, 0.15) is 18.1 Å². The Bertz CT molecular complexity index is 767. The van der Waals surface area contributed by atoms with Crippen LogP contribution in [0.15, 0.2) is 36.4 Å². The molecule has 0 aliphatic heterocycles. The van der Waals surface area contributed by atoms with E-state index in [1.165, 1.54) is 20.3 Å². The van der Waals surface area contributed by atoms with Crippen molar-refractivity contribution in [1.29, 1.82) is 0 Å². The molecule has 6 heteroatoms. The summed E-state index contributed by atoms with van der Waals surface area (Å²) in [4.78, 5) is 23.4. The molecular formula is C19H20O6. The largest absolute Gasteiger partial charge is 0.513 e. The number of ether oxygens (including phenoxy) is 3. The van der Waals surface area contributed by atoms with Gasteiger partial charge in [0.25, 0.3) is 0 Å². The Morgan fingerprint density at radius 2 is 1.72 bits per heavy atom. The fourth-order valence-electron chi connectivity index (χ4n) is 2.69. The molecule has 25 heavy (non-hydrogen) atoms. The van der Waals surface area contributed by atoms with Gasteiger partial charge in [0.2, 0.25) is 0 Å². The Morgan fingerprint density at radius 3 is 2.28 bits per heavy atom. The average molecular weight is 344 g/mol. The van der Waals surface area contributed by atoms with E-state index in [4.69, 9.17) is 9.47 Å². The van der Waals surface area contributed by atoms with Crippen molar-refractivity contribution >= 4 is 12.1 Å². The second-order valence-electron chi connectivity index (χ2n) is 5.25. The van der Waals surface area contributed by atoms with Crippen molar-refractivity contribution in [2.24, 2.45) is 0 Å². The smallest absolute Gasteiger partial charge is 0.507 e. The lowest BCUT2D eigenvalue weighted by Gasteiger charge is -2.18. The highest BCUT2D eigenvalue weighted by Crippen LogP contribution is 2.40. The average Bonchev–Trinajstić information content (AvgIpc) is 2.62. The van der Waals surface area contributed by atoms with Crippen molar-refractivity contribution in [3.05, 3.63) is 47.5 Å². The summed E-state index contributed by atoms with van der Waals surface area (Å²) >= 11 is 0. The monoisotopic (exact) mass is 344 g/mol. The minimum Gasteiger partial charge on any atom is -0.507 e. The molecule has 0 fully saturated rings. The van der Waals surface area contributed by atoms with Crippen LogP contribution in [0.2, 0.25) is 0 Å². The van der Waals surface area contributed by atoms with Crippen molar-refractivity contribution in [2.75, 3.05) is 14.2 Å². The topological polar surface area (TPSA) is 82.1 Å². The van der Waals surface area contributed by atoms with Crippen LogP contribution in [-0.4, -0.2) is 31.5 Å². The van der Waals surface area contributed by atoms with Gasteiger partial charge in [-0.05, 0) is 23.1 Å². The highest BCUT2D eigenvalue weighted by molar-refractivity contribution is 5.83. The first kappa shape index (κ1) is 18.3. The standard InChI is InChI=1S/C19H20O6/c1-4-13-14(10-17(21)23-2)18(12-8-6-5-7-9-12)15(20)11-16(13)25-19(22)24-3/h5-9,11,20H,4,10H2,1-3H3. The van der Waals surface area contributed by atoms with Gasteiger partial charge in [0.1, 0.15) is 11.5 Å². The second-order valence-corrected chi connectivity index (χ2v) is 5.25. The van der Waals surface area contributed by atoms with Gasteiger partial charge in [-0.2, -0.15) is 0 Å². The van der Waals surface area contributed by atoms with E-state index in [2.05, 4.69) is 4.74 Å². The van der Waals surface area contributed by atoms with E-state index in [1.807, 2.05) is 37.3 Å². The third-order valence-corrected chi connectivity index (χ3v) is 3.81. The summed E-state index contributed by atoms with van der Waals surface area (Å²) in [5, 5.41) is 10.5.